The largest absolute Gasteiger partial charge is 0.490 e. The van der Waals surface area contributed by atoms with Crippen LogP contribution in [0.15, 0.2) is 48.5 Å². The van der Waals surface area contributed by atoms with Crippen molar-refractivity contribution < 1.29 is 32.6 Å². The molecule has 6 nitrogen and oxygen atoms in total. The van der Waals surface area contributed by atoms with Gasteiger partial charge in [-0.1, -0.05) is 29.8 Å². The summed E-state index contributed by atoms with van der Waals surface area (Å²) in [6.07, 6.45) is -0.253. The van der Waals surface area contributed by atoms with E-state index in [2.05, 4.69) is 34.9 Å². The second kappa shape index (κ2) is 12.1. The van der Waals surface area contributed by atoms with Gasteiger partial charge in [-0.2, -0.15) is 13.2 Å². The number of aliphatic carboxylic acids is 1. The SMILES string of the molecule is Cc1cccc(COc2ccc(C(=O)N3CCC[C@H]3CN3CCCC3)cc2)c1.O=C(O)C(F)(F)F. The number of ether oxygens (including phenoxy) is 1. The van der Waals surface area contributed by atoms with E-state index in [-0.39, 0.29) is 5.91 Å². The lowest BCUT2D eigenvalue weighted by Gasteiger charge is -2.28. The van der Waals surface area contributed by atoms with Gasteiger partial charge in [0, 0.05) is 24.7 Å². The summed E-state index contributed by atoms with van der Waals surface area (Å²) in [6, 6.07) is 16.3. The molecule has 0 aliphatic carbocycles. The Morgan fingerprint density at radius 2 is 1.69 bits per heavy atom. The maximum atomic E-state index is 13.0. The zero-order valence-corrected chi connectivity index (χ0v) is 19.8. The van der Waals surface area contributed by atoms with Crippen LogP contribution in [0.3, 0.4) is 0 Å². The summed E-state index contributed by atoms with van der Waals surface area (Å²) < 4.78 is 37.6. The van der Waals surface area contributed by atoms with Crippen molar-refractivity contribution >= 4 is 11.9 Å². The minimum absolute atomic E-state index is 0.159. The van der Waals surface area contributed by atoms with Crippen molar-refractivity contribution in [2.75, 3.05) is 26.2 Å². The molecular formula is C26H31F3N2O4. The number of alkyl halides is 3. The van der Waals surface area contributed by atoms with Gasteiger partial charge in [-0.3, -0.25) is 4.79 Å². The minimum Gasteiger partial charge on any atom is -0.489 e. The molecule has 1 N–H and O–H groups in total. The Morgan fingerprint density at radius 3 is 2.29 bits per heavy atom. The van der Waals surface area contributed by atoms with Crippen LogP contribution >= 0.6 is 0 Å². The van der Waals surface area contributed by atoms with Crippen molar-refractivity contribution in [3.8, 4) is 5.75 Å². The lowest BCUT2D eigenvalue weighted by molar-refractivity contribution is -0.192. The van der Waals surface area contributed by atoms with Gasteiger partial charge in [0.1, 0.15) is 12.4 Å². The molecule has 0 aromatic heterocycles. The topological polar surface area (TPSA) is 70.1 Å². The molecule has 1 amide bonds. The highest BCUT2D eigenvalue weighted by atomic mass is 19.4. The molecule has 2 aliphatic rings. The smallest absolute Gasteiger partial charge is 0.489 e. The number of carboxylic acid groups (broad SMARTS) is 1. The van der Waals surface area contributed by atoms with Gasteiger partial charge >= 0.3 is 12.1 Å². The highest BCUT2D eigenvalue weighted by Crippen LogP contribution is 2.24. The zero-order valence-electron chi connectivity index (χ0n) is 19.8. The van der Waals surface area contributed by atoms with Gasteiger partial charge in [-0.25, -0.2) is 4.79 Å². The lowest BCUT2D eigenvalue weighted by Crippen LogP contribution is -2.42. The average molecular weight is 493 g/mol. The Morgan fingerprint density at radius 1 is 1.03 bits per heavy atom. The lowest BCUT2D eigenvalue weighted by atomic mass is 10.1. The summed E-state index contributed by atoms with van der Waals surface area (Å²) in [5.74, 6) is -1.80. The van der Waals surface area contributed by atoms with Crippen LogP contribution in [0, 0.1) is 6.92 Å². The summed E-state index contributed by atoms with van der Waals surface area (Å²) in [7, 11) is 0. The number of rotatable bonds is 6. The number of halogens is 3. The van der Waals surface area contributed by atoms with Crippen molar-refractivity contribution in [1.82, 2.24) is 9.80 Å². The fraction of sp³-hybridized carbons (Fsp3) is 0.462. The predicted octanol–water partition coefficient (Wildman–Crippen LogP) is 4.91. The second-order valence-electron chi connectivity index (χ2n) is 8.91. The first-order valence-electron chi connectivity index (χ1n) is 11.8. The number of aryl methyl sites for hydroxylation is 1. The van der Waals surface area contributed by atoms with Crippen molar-refractivity contribution in [2.24, 2.45) is 0 Å². The third kappa shape index (κ3) is 7.99. The van der Waals surface area contributed by atoms with Crippen LogP contribution in [0.25, 0.3) is 0 Å². The molecule has 0 saturated carbocycles. The molecule has 2 aromatic rings. The third-order valence-corrected chi connectivity index (χ3v) is 6.14. The van der Waals surface area contributed by atoms with Crippen molar-refractivity contribution in [3.05, 3.63) is 65.2 Å². The van der Waals surface area contributed by atoms with Gasteiger partial charge in [0.2, 0.25) is 0 Å². The second-order valence-corrected chi connectivity index (χ2v) is 8.91. The van der Waals surface area contributed by atoms with Crippen LogP contribution in [0.1, 0.15) is 47.2 Å². The molecule has 2 aromatic carbocycles. The number of carbonyl (C=O) groups is 2. The van der Waals surface area contributed by atoms with E-state index < -0.39 is 12.1 Å². The average Bonchev–Trinajstić information content (AvgIpc) is 3.50. The minimum atomic E-state index is -5.08. The molecule has 0 spiro atoms. The standard InChI is InChI=1S/C24H30N2O2.C2HF3O2/c1-19-6-4-7-20(16-19)18-28-23-11-9-21(10-12-23)24(27)26-15-5-8-22(26)17-25-13-2-3-14-25;3-2(4,5)1(6)7/h4,6-7,9-12,16,22H,2-3,5,8,13-15,17-18H2,1H3;(H,6,7)/t22-;/m0./s1. The van der Waals surface area contributed by atoms with E-state index in [1.807, 2.05) is 30.3 Å². The van der Waals surface area contributed by atoms with E-state index in [0.29, 0.717) is 12.6 Å². The number of amides is 1. The molecule has 0 bridgehead atoms. The highest BCUT2D eigenvalue weighted by molar-refractivity contribution is 5.94. The molecule has 2 aliphatic heterocycles. The van der Waals surface area contributed by atoms with E-state index in [1.165, 1.54) is 31.5 Å². The fourth-order valence-corrected chi connectivity index (χ4v) is 4.38. The molecule has 4 rings (SSSR count). The Balaban J connectivity index is 0.000000429. The number of carboxylic acids is 1. The van der Waals surface area contributed by atoms with E-state index in [0.717, 1.165) is 42.8 Å². The number of likely N-dealkylation sites (tertiary alicyclic amines) is 2. The van der Waals surface area contributed by atoms with Gasteiger partial charge in [0.25, 0.3) is 5.91 Å². The predicted molar refractivity (Wildman–Crippen MR) is 125 cm³/mol. The van der Waals surface area contributed by atoms with Gasteiger partial charge in [-0.15, -0.1) is 0 Å². The quantitative estimate of drug-likeness (QED) is 0.621. The normalized spacial score (nSPS) is 18.2. The first-order valence-corrected chi connectivity index (χ1v) is 11.8. The highest BCUT2D eigenvalue weighted by Gasteiger charge is 2.38. The zero-order chi connectivity index (χ0) is 25.4. The van der Waals surface area contributed by atoms with Gasteiger partial charge in [-0.05, 0) is 75.5 Å². The molecular weight excluding hydrogens is 461 g/mol. The van der Waals surface area contributed by atoms with Crippen LogP contribution < -0.4 is 4.74 Å². The maximum absolute atomic E-state index is 13.0. The third-order valence-electron chi connectivity index (χ3n) is 6.14. The van der Waals surface area contributed by atoms with Crippen LogP contribution in [0.5, 0.6) is 5.75 Å². The summed E-state index contributed by atoms with van der Waals surface area (Å²) in [5.41, 5.74) is 3.15. The Kier molecular flexibility index (Phi) is 9.14. The van der Waals surface area contributed by atoms with E-state index in [9.17, 15) is 18.0 Å². The maximum Gasteiger partial charge on any atom is 0.490 e. The first kappa shape index (κ1) is 26.5. The molecule has 0 radical (unpaired) electrons. The Labute approximate surface area is 203 Å². The number of hydrogen-bond acceptors (Lipinski definition) is 4. The van der Waals surface area contributed by atoms with Gasteiger partial charge < -0.3 is 19.6 Å². The molecule has 1 atom stereocenters. The van der Waals surface area contributed by atoms with Crippen LogP contribution in [0.4, 0.5) is 13.2 Å². The summed E-state index contributed by atoms with van der Waals surface area (Å²) in [4.78, 5) is 26.5. The van der Waals surface area contributed by atoms with Crippen molar-refractivity contribution in [2.45, 2.75) is 51.4 Å². The molecule has 0 unspecified atom stereocenters. The number of nitrogens with zero attached hydrogens (tertiary/aromatic N) is 2. The van der Waals surface area contributed by atoms with E-state index in [4.69, 9.17) is 14.6 Å². The molecule has 2 saturated heterocycles. The molecule has 35 heavy (non-hydrogen) atoms. The number of carbonyl (C=O) groups excluding carboxylic acids is 1. The van der Waals surface area contributed by atoms with Crippen molar-refractivity contribution in [3.63, 3.8) is 0 Å². The molecule has 2 heterocycles. The van der Waals surface area contributed by atoms with Crippen LogP contribution in [-0.4, -0.2) is 65.2 Å². The van der Waals surface area contributed by atoms with Crippen LogP contribution in [0.2, 0.25) is 0 Å². The van der Waals surface area contributed by atoms with E-state index in [1.54, 1.807) is 0 Å². The number of hydrogen-bond donors (Lipinski definition) is 1. The molecule has 2 fully saturated rings. The van der Waals surface area contributed by atoms with E-state index >= 15 is 0 Å². The molecule has 9 heteroatoms. The van der Waals surface area contributed by atoms with Crippen molar-refractivity contribution in [1.29, 1.82) is 0 Å². The van der Waals surface area contributed by atoms with Crippen LogP contribution in [-0.2, 0) is 11.4 Å². The van der Waals surface area contributed by atoms with Gasteiger partial charge in [0.15, 0.2) is 0 Å². The number of benzene rings is 2. The Hall–Kier alpha value is -3.07. The summed E-state index contributed by atoms with van der Waals surface area (Å²) in [5, 5.41) is 7.12. The summed E-state index contributed by atoms with van der Waals surface area (Å²) >= 11 is 0. The fourth-order valence-electron chi connectivity index (χ4n) is 4.38. The Bertz CT molecular complexity index is 989. The first-order chi connectivity index (χ1) is 16.6. The summed E-state index contributed by atoms with van der Waals surface area (Å²) in [6.45, 7) is 6.90. The van der Waals surface area contributed by atoms with Gasteiger partial charge in [0.05, 0.1) is 0 Å². The monoisotopic (exact) mass is 492 g/mol. The molecule has 190 valence electrons.